The number of benzene rings is 1. The highest BCUT2D eigenvalue weighted by Gasteiger charge is 2.18. The summed E-state index contributed by atoms with van der Waals surface area (Å²) >= 11 is 0. The first kappa shape index (κ1) is 11.2. The van der Waals surface area contributed by atoms with E-state index in [1.54, 1.807) is 0 Å². The van der Waals surface area contributed by atoms with E-state index in [0.29, 0.717) is 0 Å². The molecule has 0 radical (unpaired) electrons. The van der Waals surface area contributed by atoms with Gasteiger partial charge >= 0.3 is 0 Å². The van der Waals surface area contributed by atoms with Crippen LogP contribution in [0.15, 0.2) is 30.5 Å². The van der Waals surface area contributed by atoms with Crippen molar-refractivity contribution in [3.05, 3.63) is 36.0 Å². The summed E-state index contributed by atoms with van der Waals surface area (Å²) in [6.07, 6.45) is 2.99. The lowest BCUT2D eigenvalue weighted by Crippen LogP contribution is -2.19. The van der Waals surface area contributed by atoms with Crippen molar-refractivity contribution in [1.29, 1.82) is 0 Å². The molecule has 1 aromatic carbocycles. The Kier molecular flexibility index (Phi) is 2.76. The summed E-state index contributed by atoms with van der Waals surface area (Å²) in [5, 5.41) is 10.6. The number of aliphatic hydroxyl groups is 1. The number of aromatic nitrogens is 1. The van der Waals surface area contributed by atoms with E-state index in [2.05, 4.69) is 55.9 Å². The van der Waals surface area contributed by atoms with Crippen molar-refractivity contribution in [3.8, 4) is 0 Å². The minimum Gasteiger partial charge on any atom is -0.396 e. The molecule has 0 saturated carbocycles. The van der Waals surface area contributed by atoms with Crippen LogP contribution in [-0.4, -0.2) is 16.3 Å². The van der Waals surface area contributed by atoms with Crippen LogP contribution >= 0.6 is 0 Å². The number of rotatable bonds is 3. The number of fused-ring (bicyclic) bond motifs is 1. The third kappa shape index (κ3) is 1.98. The predicted molar refractivity (Wildman–Crippen MR) is 67.5 cm³/mol. The highest BCUT2D eigenvalue weighted by Crippen LogP contribution is 2.27. The van der Waals surface area contributed by atoms with Crippen LogP contribution in [0.2, 0.25) is 0 Å². The molecule has 2 aromatic rings. The molecule has 0 unspecified atom stereocenters. The van der Waals surface area contributed by atoms with Crippen molar-refractivity contribution in [2.24, 2.45) is 12.5 Å². The minimum absolute atomic E-state index is 0.0515. The van der Waals surface area contributed by atoms with Crippen molar-refractivity contribution < 1.29 is 5.11 Å². The van der Waals surface area contributed by atoms with Gasteiger partial charge in [0.15, 0.2) is 0 Å². The molecule has 86 valence electrons. The molecule has 1 aromatic heterocycles. The quantitative estimate of drug-likeness (QED) is 0.840. The molecule has 0 bridgehead atoms. The van der Waals surface area contributed by atoms with Gasteiger partial charge in [-0.15, -0.1) is 0 Å². The van der Waals surface area contributed by atoms with Gasteiger partial charge in [0.25, 0.3) is 0 Å². The molecule has 0 amide bonds. The standard InChI is InChI=1S/C14H19NO/c1-14(2,10-16)9-11-5-4-6-13-12(11)7-8-15(13)3/h4-8,16H,9-10H2,1-3H3. The fourth-order valence-corrected chi connectivity index (χ4v) is 2.09. The van der Waals surface area contributed by atoms with Crippen LogP contribution in [0.4, 0.5) is 0 Å². The first-order valence-electron chi connectivity index (χ1n) is 5.67. The summed E-state index contributed by atoms with van der Waals surface area (Å²) in [5.74, 6) is 0. The van der Waals surface area contributed by atoms with Gasteiger partial charge in [-0.3, -0.25) is 0 Å². The molecule has 0 atom stereocenters. The van der Waals surface area contributed by atoms with Gasteiger partial charge < -0.3 is 9.67 Å². The van der Waals surface area contributed by atoms with Crippen molar-refractivity contribution in [2.75, 3.05) is 6.61 Å². The fourth-order valence-electron chi connectivity index (χ4n) is 2.09. The lowest BCUT2D eigenvalue weighted by atomic mass is 9.86. The molecular formula is C14H19NO. The third-order valence-electron chi connectivity index (χ3n) is 3.12. The monoisotopic (exact) mass is 217 g/mol. The Balaban J connectivity index is 2.45. The molecule has 0 aliphatic carbocycles. The maximum atomic E-state index is 9.33. The Hall–Kier alpha value is -1.28. The zero-order valence-electron chi connectivity index (χ0n) is 10.2. The van der Waals surface area contributed by atoms with Gasteiger partial charge in [0.05, 0.1) is 0 Å². The van der Waals surface area contributed by atoms with E-state index in [9.17, 15) is 5.11 Å². The van der Waals surface area contributed by atoms with Gasteiger partial charge in [-0.05, 0) is 29.5 Å². The van der Waals surface area contributed by atoms with Gasteiger partial charge in [-0.25, -0.2) is 0 Å². The summed E-state index contributed by atoms with van der Waals surface area (Å²) in [4.78, 5) is 0. The number of nitrogens with zero attached hydrogens (tertiary/aromatic N) is 1. The molecular weight excluding hydrogens is 198 g/mol. The first-order chi connectivity index (χ1) is 7.53. The zero-order valence-corrected chi connectivity index (χ0v) is 10.2. The average Bonchev–Trinajstić information content (AvgIpc) is 2.62. The summed E-state index contributed by atoms with van der Waals surface area (Å²) in [7, 11) is 2.06. The fraction of sp³-hybridized carbons (Fsp3) is 0.429. The van der Waals surface area contributed by atoms with Crippen molar-refractivity contribution in [3.63, 3.8) is 0 Å². The van der Waals surface area contributed by atoms with E-state index in [-0.39, 0.29) is 12.0 Å². The van der Waals surface area contributed by atoms with Crippen molar-refractivity contribution in [1.82, 2.24) is 4.57 Å². The minimum atomic E-state index is -0.0515. The second-order valence-electron chi connectivity index (χ2n) is 5.28. The summed E-state index contributed by atoms with van der Waals surface area (Å²) in [6.45, 7) is 4.40. The van der Waals surface area contributed by atoms with E-state index in [0.717, 1.165) is 6.42 Å². The molecule has 2 heteroatoms. The van der Waals surface area contributed by atoms with E-state index in [1.165, 1.54) is 16.5 Å². The lowest BCUT2D eigenvalue weighted by Gasteiger charge is -2.22. The number of hydrogen-bond acceptors (Lipinski definition) is 1. The molecule has 1 N–H and O–H groups in total. The lowest BCUT2D eigenvalue weighted by molar-refractivity contribution is 0.160. The number of aliphatic hydroxyl groups excluding tert-OH is 1. The van der Waals surface area contributed by atoms with E-state index in [4.69, 9.17) is 0 Å². The van der Waals surface area contributed by atoms with Crippen LogP contribution in [-0.2, 0) is 13.5 Å². The molecule has 1 heterocycles. The third-order valence-corrected chi connectivity index (χ3v) is 3.12. The number of aryl methyl sites for hydroxylation is 1. The Bertz CT molecular complexity index is 496. The maximum absolute atomic E-state index is 9.33. The van der Waals surface area contributed by atoms with Gasteiger partial charge in [-0.2, -0.15) is 0 Å². The highest BCUT2D eigenvalue weighted by atomic mass is 16.3. The van der Waals surface area contributed by atoms with E-state index in [1.807, 2.05) is 0 Å². The van der Waals surface area contributed by atoms with Crippen LogP contribution in [0.5, 0.6) is 0 Å². The van der Waals surface area contributed by atoms with Gasteiger partial charge in [0.2, 0.25) is 0 Å². The van der Waals surface area contributed by atoms with Gasteiger partial charge in [0, 0.05) is 30.8 Å². The van der Waals surface area contributed by atoms with Crippen LogP contribution in [0.1, 0.15) is 19.4 Å². The SMILES string of the molecule is Cn1ccc2c(CC(C)(C)CO)cccc21. The molecule has 0 saturated heterocycles. The Morgan fingerprint density at radius 1 is 1.25 bits per heavy atom. The molecule has 2 nitrogen and oxygen atoms in total. The van der Waals surface area contributed by atoms with Crippen LogP contribution in [0.25, 0.3) is 10.9 Å². The van der Waals surface area contributed by atoms with Crippen molar-refractivity contribution in [2.45, 2.75) is 20.3 Å². The maximum Gasteiger partial charge on any atom is 0.0485 e. The van der Waals surface area contributed by atoms with E-state index < -0.39 is 0 Å². The topological polar surface area (TPSA) is 25.2 Å². The largest absolute Gasteiger partial charge is 0.396 e. The summed E-state index contributed by atoms with van der Waals surface area (Å²) < 4.78 is 2.13. The smallest absolute Gasteiger partial charge is 0.0485 e. The highest BCUT2D eigenvalue weighted by molar-refractivity contribution is 5.83. The Morgan fingerprint density at radius 2 is 2.00 bits per heavy atom. The van der Waals surface area contributed by atoms with Crippen molar-refractivity contribution >= 4 is 10.9 Å². The van der Waals surface area contributed by atoms with Crippen LogP contribution in [0.3, 0.4) is 0 Å². The summed E-state index contributed by atoms with van der Waals surface area (Å²) in [5.41, 5.74) is 2.52. The Morgan fingerprint density at radius 3 is 2.69 bits per heavy atom. The first-order valence-corrected chi connectivity index (χ1v) is 5.67. The predicted octanol–water partition coefficient (Wildman–Crippen LogP) is 2.74. The zero-order chi connectivity index (χ0) is 11.8. The molecule has 16 heavy (non-hydrogen) atoms. The van der Waals surface area contributed by atoms with Crippen LogP contribution in [0, 0.1) is 5.41 Å². The molecule has 0 fully saturated rings. The molecule has 0 aliphatic heterocycles. The average molecular weight is 217 g/mol. The molecule has 0 aliphatic rings. The molecule has 2 rings (SSSR count). The Labute approximate surface area is 96.5 Å². The normalized spacial score (nSPS) is 12.2. The molecule has 0 spiro atoms. The second kappa shape index (κ2) is 3.95. The second-order valence-corrected chi connectivity index (χ2v) is 5.28. The van der Waals surface area contributed by atoms with E-state index >= 15 is 0 Å². The van der Waals surface area contributed by atoms with Gasteiger partial charge in [-0.1, -0.05) is 26.0 Å². The van der Waals surface area contributed by atoms with Crippen LogP contribution < -0.4 is 0 Å². The summed E-state index contributed by atoms with van der Waals surface area (Å²) in [6, 6.07) is 8.52. The number of hydrogen-bond donors (Lipinski definition) is 1. The van der Waals surface area contributed by atoms with Gasteiger partial charge in [0.1, 0.15) is 0 Å².